The number of halogens is 2. The van der Waals surface area contributed by atoms with E-state index in [0.29, 0.717) is 11.8 Å². The number of rotatable bonds is 5. The Morgan fingerprint density at radius 3 is 2.19 bits per heavy atom. The zero-order valence-corrected chi connectivity index (χ0v) is 12.4. The van der Waals surface area contributed by atoms with Crippen molar-refractivity contribution in [2.24, 2.45) is 23.7 Å². The molecule has 1 N–H and O–H groups in total. The van der Waals surface area contributed by atoms with E-state index < -0.39 is 28.9 Å². The summed E-state index contributed by atoms with van der Waals surface area (Å²) in [5.41, 5.74) is -0.825. The minimum atomic E-state index is -3.92. The van der Waals surface area contributed by atoms with E-state index in [4.69, 9.17) is 9.99 Å². The standard InChI is InChI=1S/C13H18F2O5S/c1-12(18-11(16)13(14,15)21-20-19-17)9-3-7-2-8(5-9)6-10(12)4-7/h7-10,17H,2-6H2,1H3. The molecule has 0 saturated heterocycles. The number of alkyl halides is 2. The average Bonchev–Trinajstić information content (AvgIpc) is 2.42. The van der Waals surface area contributed by atoms with Crippen LogP contribution in [0.3, 0.4) is 0 Å². The maximum absolute atomic E-state index is 13.6. The number of hydrogen-bond acceptors (Lipinski definition) is 6. The van der Waals surface area contributed by atoms with E-state index in [2.05, 4.69) is 9.37 Å². The van der Waals surface area contributed by atoms with Crippen molar-refractivity contribution in [1.82, 2.24) is 0 Å². The van der Waals surface area contributed by atoms with Gasteiger partial charge in [0.05, 0.1) is 0 Å². The Labute approximate surface area is 125 Å². The fourth-order valence-electron chi connectivity index (χ4n) is 4.64. The number of carbonyl (C=O) groups excluding carboxylic acids is 1. The highest BCUT2D eigenvalue weighted by Crippen LogP contribution is 2.59. The fraction of sp³-hybridized carbons (Fsp3) is 0.923. The Morgan fingerprint density at radius 1 is 1.19 bits per heavy atom. The molecule has 0 spiro atoms. The van der Waals surface area contributed by atoms with Crippen LogP contribution in [-0.4, -0.2) is 22.1 Å². The molecule has 5 nitrogen and oxygen atoms in total. The van der Waals surface area contributed by atoms with Crippen LogP contribution in [0.4, 0.5) is 8.78 Å². The maximum atomic E-state index is 13.6. The van der Waals surface area contributed by atoms with Crippen molar-refractivity contribution in [3.8, 4) is 0 Å². The average molecular weight is 324 g/mol. The van der Waals surface area contributed by atoms with Crippen LogP contribution in [0.2, 0.25) is 0 Å². The predicted octanol–water partition coefficient (Wildman–Crippen LogP) is 3.41. The molecule has 120 valence electrons. The van der Waals surface area contributed by atoms with Gasteiger partial charge in [0.15, 0.2) is 0 Å². The monoisotopic (exact) mass is 324 g/mol. The molecule has 4 aliphatic rings. The van der Waals surface area contributed by atoms with Crippen LogP contribution in [0.25, 0.3) is 0 Å². The first-order valence-corrected chi connectivity index (χ1v) is 7.86. The van der Waals surface area contributed by atoms with Gasteiger partial charge in [-0.15, -0.1) is 4.33 Å². The van der Waals surface area contributed by atoms with Gasteiger partial charge in [0.25, 0.3) is 0 Å². The molecular formula is C13H18F2O5S. The van der Waals surface area contributed by atoms with Crippen LogP contribution >= 0.6 is 12.0 Å². The first kappa shape index (κ1) is 15.5. The first-order chi connectivity index (χ1) is 9.85. The van der Waals surface area contributed by atoms with Crippen LogP contribution in [0.15, 0.2) is 0 Å². The quantitative estimate of drug-likeness (QED) is 0.362. The second-order valence-electron chi connectivity index (χ2n) is 6.62. The largest absolute Gasteiger partial charge is 0.454 e. The zero-order chi connectivity index (χ0) is 15.3. The minimum Gasteiger partial charge on any atom is -0.454 e. The summed E-state index contributed by atoms with van der Waals surface area (Å²) >= 11 is -0.569. The van der Waals surface area contributed by atoms with E-state index in [1.807, 2.05) is 0 Å². The molecule has 4 fully saturated rings. The van der Waals surface area contributed by atoms with Gasteiger partial charge < -0.3 is 4.74 Å². The molecule has 0 amide bonds. The Hall–Kier alpha value is -0.440. The van der Waals surface area contributed by atoms with E-state index in [1.54, 1.807) is 6.92 Å². The number of esters is 1. The van der Waals surface area contributed by atoms with Gasteiger partial charge in [0.1, 0.15) is 17.6 Å². The van der Waals surface area contributed by atoms with Crippen molar-refractivity contribution < 1.29 is 32.9 Å². The molecule has 4 rings (SSSR count). The van der Waals surface area contributed by atoms with Gasteiger partial charge in [-0.25, -0.2) is 10.1 Å². The van der Waals surface area contributed by atoms with Crippen molar-refractivity contribution in [2.45, 2.75) is 49.9 Å². The van der Waals surface area contributed by atoms with Gasteiger partial charge in [0.2, 0.25) is 0 Å². The molecule has 4 saturated carbocycles. The van der Waals surface area contributed by atoms with E-state index in [1.165, 1.54) is 6.42 Å². The SMILES string of the molecule is CC1(OC(=O)C(F)(F)SOOO)C2CC3CC(C2)CC1C3. The Bertz CT molecular complexity index is 403. The molecule has 0 aromatic heterocycles. The van der Waals surface area contributed by atoms with Crippen LogP contribution in [0.1, 0.15) is 39.0 Å². The smallest absolute Gasteiger partial charge is 0.415 e. The zero-order valence-electron chi connectivity index (χ0n) is 11.6. The second-order valence-corrected chi connectivity index (χ2v) is 7.44. The normalized spacial score (nSPS) is 41.3. The van der Waals surface area contributed by atoms with Crippen LogP contribution in [0.5, 0.6) is 0 Å². The highest BCUT2D eigenvalue weighted by atomic mass is 32.2. The van der Waals surface area contributed by atoms with Gasteiger partial charge in [-0.1, -0.05) is 5.04 Å². The molecule has 21 heavy (non-hydrogen) atoms. The van der Waals surface area contributed by atoms with Gasteiger partial charge in [-0.3, -0.25) is 0 Å². The molecule has 0 radical (unpaired) electrons. The van der Waals surface area contributed by atoms with Crippen LogP contribution in [0, 0.1) is 23.7 Å². The third-order valence-electron chi connectivity index (χ3n) is 5.48. The molecule has 0 atom stereocenters. The molecular weight excluding hydrogens is 306 g/mol. The molecule has 0 aliphatic heterocycles. The lowest BCUT2D eigenvalue weighted by Gasteiger charge is -2.59. The lowest BCUT2D eigenvalue weighted by atomic mass is 9.50. The molecule has 4 aliphatic carbocycles. The molecule has 0 aromatic carbocycles. The molecule has 0 unspecified atom stereocenters. The van der Waals surface area contributed by atoms with Gasteiger partial charge >= 0.3 is 11.2 Å². The minimum absolute atomic E-state index is 0.161. The van der Waals surface area contributed by atoms with E-state index in [-0.39, 0.29) is 11.8 Å². The first-order valence-electron chi connectivity index (χ1n) is 7.12. The van der Waals surface area contributed by atoms with Crippen LogP contribution in [-0.2, 0) is 18.9 Å². The summed E-state index contributed by atoms with van der Waals surface area (Å²) in [7, 11) is 0. The highest BCUT2D eigenvalue weighted by molar-refractivity contribution is 7.96. The molecule has 8 heteroatoms. The summed E-state index contributed by atoms with van der Waals surface area (Å²) in [6.07, 6.45) is 5.03. The third kappa shape index (κ3) is 2.67. The number of hydrogen-bond donors (Lipinski definition) is 1. The van der Waals surface area contributed by atoms with Crippen molar-refractivity contribution in [2.75, 3.05) is 0 Å². The van der Waals surface area contributed by atoms with Crippen molar-refractivity contribution in [3.63, 3.8) is 0 Å². The maximum Gasteiger partial charge on any atom is 0.415 e. The van der Waals surface area contributed by atoms with Crippen molar-refractivity contribution in [1.29, 1.82) is 0 Å². The second kappa shape index (κ2) is 5.33. The Balaban J connectivity index is 1.70. The Kier molecular flexibility index (Phi) is 3.92. The summed E-state index contributed by atoms with van der Waals surface area (Å²) in [5.74, 6) is -0.0119. The van der Waals surface area contributed by atoms with E-state index >= 15 is 0 Å². The van der Waals surface area contributed by atoms with Crippen molar-refractivity contribution in [3.05, 3.63) is 0 Å². The Morgan fingerprint density at radius 2 is 1.71 bits per heavy atom. The van der Waals surface area contributed by atoms with E-state index in [0.717, 1.165) is 25.7 Å². The highest BCUT2D eigenvalue weighted by Gasteiger charge is 2.59. The lowest BCUT2D eigenvalue weighted by molar-refractivity contribution is -0.433. The number of carbonyl (C=O) groups is 1. The number of ether oxygens (including phenoxy) is 1. The summed E-state index contributed by atoms with van der Waals surface area (Å²) in [6, 6.07) is 0. The predicted molar refractivity (Wildman–Crippen MR) is 68.9 cm³/mol. The molecule has 0 aromatic rings. The summed E-state index contributed by atoms with van der Waals surface area (Å²) in [4.78, 5) is 11.8. The summed E-state index contributed by atoms with van der Waals surface area (Å²) in [5, 5.41) is 7.12. The lowest BCUT2D eigenvalue weighted by Crippen LogP contribution is -2.58. The fourth-order valence-corrected chi connectivity index (χ4v) is 4.86. The molecule has 0 heterocycles. The summed E-state index contributed by atoms with van der Waals surface area (Å²) < 4.78 is 36.1. The third-order valence-corrected chi connectivity index (χ3v) is 5.98. The van der Waals surface area contributed by atoms with Gasteiger partial charge in [0, 0.05) is 0 Å². The van der Waals surface area contributed by atoms with Crippen molar-refractivity contribution >= 4 is 18.0 Å². The van der Waals surface area contributed by atoms with Gasteiger partial charge in [-0.05, 0) is 62.7 Å². The van der Waals surface area contributed by atoms with Crippen LogP contribution < -0.4 is 0 Å². The van der Waals surface area contributed by atoms with E-state index in [9.17, 15) is 13.6 Å². The summed E-state index contributed by atoms with van der Waals surface area (Å²) in [6.45, 7) is 1.78. The topological polar surface area (TPSA) is 65.0 Å². The molecule has 4 bridgehead atoms. The van der Waals surface area contributed by atoms with Gasteiger partial charge in [-0.2, -0.15) is 8.78 Å².